The average molecular weight is 211 g/mol. The van der Waals surface area contributed by atoms with Gasteiger partial charge in [0.1, 0.15) is 0 Å². The van der Waals surface area contributed by atoms with Crippen molar-refractivity contribution in [3.8, 4) is 0 Å². The van der Waals surface area contributed by atoms with Crippen molar-refractivity contribution in [3.05, 3.63) is 41.5 Å². The quantitative estimate of drug-likeness (QED) is 0.776. The van der Waals surface area contributed by atoms with Crippen LogP contribution < -0.4 is 0 Å². The van der Waals surface area contributed by atoms with Gasteiger partial charge in [0, 0.05) is 5.88 Å². The monoisotopic (exact) mass is 210 g/mol. The summed E-state index contributed by atoms with van der Waals surface area (Å²) in [7, 11) is 0. The maximum atomic E-state index is 10.4. The van der Waals surface area contributed by atoms with Gasteiger partial charge in [0.15, 0.2) is 0 Å². The van der Waals surface area contributed by atoms with E-state index in [9.17, 15) is 4.79 Å². The Morgan fingerprint density at radius 1 is 1.36 bits per heavy atom. The second-order valence-electron chi connectivity index (χ2n) is 2.87. The van der Waals surface area contributed by atoms with Gasteiger partial charge in [-0.05, 0) is 11.1 Å². The Balaban J connectivity index is 2.68. The van der Waals surface area contributed by atoms with E-state index < -0.39 is 5.97 Å². The number of carboxylic acid groups (broad SMARTS) is 1. The number of aliphatic carboxylic acids is 1. The Kier molecular flexibility index (Phi) is 4.20. The number of alkyl halides is 1. The van der Waals surface area contributed by atoms with E-state index in [2.05, 4.69) is 0 Å². The van der Waals surface area contributed by atoms with E-state index in [4.69, 9.17) is 16.7 Å². The van der Waals surface area contributed by atoms with E-state index in [1.54, 1.807) is 0 Å². The van der Waals surface area contributed by atoms with Gasteiger partial charge in [-0.25, -0.2) is 0 Å². The molecule has 1 rings (SSSR count). The maximum absolute atomic E-state index is 10.4. The summed E-state index contributed by atoms with van der Waals surface area (Å²) in [6.07, 6.45) is 3.81. The van der Waals surface area contributed by atoms with Crippen molar-refractivity contribution in [2.75, 3.05) is 5.88 Å². The van der Waals surface area contributed by atoms with Gasteiger partial charge in [0.25, 0.3) is 0 Å². The van der Waals surface area contributed by atoms with Crippen molar-refractivity contribution in [1.29, 1.82) is 0 Å². The molecule has 0 aliphatic heterocycles. The second kappa shape index (κ2) is 5.45. The van der Waals surface area contributed by atoms with Crippen molar-refractivity contribution in [2.24, 2.45) is 0 Å². The van der Waals surface area contributed by atoms with Gasteiger partial charge < -0.3 is 5.11 Å². The molecule has 0 radical (unpaired) electrons. The molecule has 0 fully saturated rings. The first-order chi connectivity index (χ1) is 6.72. The van der Waals surface area contributed by atoms with Crippen molar-refractivity contribution >= 4 is 23.6 Å². The van der Waals surface area contributed by atoms with Crippen molar-refractivity contribution in [2.45, 2.75) is 6.42 Å². The summed E-state index contributed by atoms with van der Waals surface area (Å²) in [4.78, 5) is 10.4. The lowest BCUT2D eigenvalue weighted by Gasteiger charge is -1.97. The summed E-state index contributed by atoms with van der Waals surface area (Å²) in [5.41, 5.74) is 1.83. The Hall–Kier alpha value is -1.28. The van der Waals surface area contributed by atoms with Gasteiger partial charge in [-0.15, -0.1) is 11.6 Å². The molecular formula is C11H11ClO2. The van der Waals surface area contributed by atoms with Crippen molar-refractivity contribution in [1.82, 2.24) is 0 Å². The van der Waals surface area contributed by atoms with E-state index in [0.29, 0.717) is 5.88 Å². The summed E-state index contributed by atoms with van der Waals surface area (Å²) >= 11 is 5.49. The number of carboxylic acids is 1. The Labute approximate surface area is 87.8 Å². The number of carbonyl (C=O) groups is 1. The molecule has 0 spiro atoms. The normalized spacial score (nSPS) is 10.6. The van der Waals surface area contributed by atoms with Crippen LogP contribution in [0, 0.1) is 0 Å². The number of hydrogen-bond donors (Lipinski definition) is 1. The van der Waals surface area contributed by atoms with Crippen LogP contribution in [0.3, 0.4) is 0 Å². The third-order valence-electron chi connectivity index (χ3n) is 1.73. The molecule has 0 saturated carbocycles. The first kappa shape index (κ1) is 10.8. The van der Waals surface area contributed by atoms with Crippen molar-refractivity contribution < 1.29 is 9.90 Å². The van der Waals surface area contributed by atoms with Crippen LogP contribution in [0.15, 0.2) is 30.3 Å². The third kappa shape index (κ3) is 3.62. The summed E-state index contributed by atoms with van der Waals surface area (Å²) < 4.78 is 0. The zero-order valence-corrected chi connectivity index (χ0v) is 8.37. The summed E-state index contributed by atoms with van der Waals surface area (Å²) in [6, 6.07) is 7.37. The molecule has 1 aromatic rings. The summed E-state index contributed by atoms with van der Waals surface area (Å²) in [5, 5.41) is 8.55. The minimum Gasteiger partial charge on any atom is -0.481 e. The highest BCUT2D eigenvalue weighted by atomic mass is 35.5. The van der Waals surface area contributed by atoms with E-state index >= 15 is 0 Å². The number of hydrogen-bond acceptors (Lipinski definition) is 1. The molecule has 0 heterocycles. The molecule has 1 aromatic carbocycles. The highest BCUT2D eigenvalue weighted by Gasteiger charge is 1.98. The van der Waals surface area contributed by atoms with Crippen LogP contribution in [-0.2, 0) is 11.2 Å². The number of rotatable bonds is 4. The first-order valence-corrected chi connectivity index (χ1v) is 4.79. The van der Waals surface area contributed by atoms with Crippen molar-refractivity contribution in [3.63, 3.8) is 0 Å². The molecule has 0 saturated heterocycles. The van der Waals surface area contributed by atoms with Crippen LogP contribution >= 0.6 is 11.6 Å². The molecule has 0 atom stereocenters. The Morgan fingerprint density at radius 3 is 2.50 bits per heavy atom. The standard InChI is InChI=1S/C11H11ClO2/c12-7-1-2-9-3-5-10(6-4-9)8-11(13)14/h1-6H,7-8H2,(H,13,14). The first-order valence-electron chi connectivity index (χ1n) is 4.25. The molecule has 0 amide bonds. The number of benzene rings is 1. The lowest BCUT2D eigenvalue weighted by Crippen LogP contribution is -1.99. The molecule has 3 heteroatoms. The Bertz CT molecular complexity index is 328. The third-order valence-corrected chi connectivity index (χ3v) is 1.91. The molecule has 0 unspecified atom stereocenters. The fraction of sp³-hybridized carbons (Fsp3) is 0.182. The van der Waals surface area contributed by atoms with Gasteiger partial charge in [-0.3, -0.25) is 4.79 Å². The summed E-state index contributed by atoms with van der Waals surface area (Å²) in [5.74, 6) is -0.328. The van der Waals surface area contributed by atoms with Crippen LogP contribution in [-0.4, -0.2) is 17.0 Å². The molecule has 0 bridgehead atoms. The molecule has 0 aliphatic rings. The van der Waals surface area contributed by atoms with Gasteiger partial charge in [0.2, 0.25) is 0 Å². The predicted molar refractivity (Wildman–Crippen MR) is 57.5 cm³/mol. The topological polar surface area (TPSA) is 37.3 Å². The van der Waals surface area contributed by atoms with E-state index in [1.165, 1.54) is 0 Å². The fourth-order valence-electron chi connectivity index (χ4n) is 1.10. The zero-order chi connectivity index (χ0) is 10.4. The second-order valence-corrected chi connectivity index (χ2v) is 3.18. The van der Waals surface area contributed by atoms with E-state index in [0.717, 1.165) is 11.1 Å². The molecule has 1 N–H and O–H groups in total. The zero-order valence-electron chi connectivity index (χ0n) is 7.61. The lowest BCUT2D eigenvalue weighted by molar-refractivity contribution is -0.136. The predicted octanol–water partition coefficient (Wildman–Crippen LogP) is 2.57. The van der Waals surface area contributed by atoms with Crippen LogP contribution in [0.4, 0.5) is 0 Å². The van der Waals surface area contributed by atoms with Gasteiger partial charge in [-0.1, -0.05) is 36.4 Å². The van der Waals surface area contributed by atoms with Crippen LogP contribution in [0.5, 0.6) is 0 Å². The summed E-state index contributed by atoms with van der Waals surface area (Å²) in [6.45, 7) is 0. The molecule has 0 aliphatic carbocycles. The van der Waals surface area contributed by atoms with Gasteiger partial charge in [-0.2, -0.15) is 0 Å². The molecule has 74 valence electrons. The molecule has 0 aromatic heterocycles. The highest BCUT2D eigenvalue weighted by molar-refractivity contribution is 6.19. The smallest absolute Gasteiger partial charge is 0.307 e. The van der Waals surface area contributed by atoms with Gasteiger partial charge in [0.05, 0.1) is 6.42 Å². The lowest BCUT2D eigenvalue weighted by atomic mass is 10.1. The largest absolute Gasteiger partial charge is 0.481 e. The molecular weight excluding hydrogens is 200 g/mol. The fourth-order valence-corrected chi connectivity index (χ4v) is 1.19. The van der Waals surface area contributed by atoms with Crippen LogP contribution in [0.2, 0.25) is 0 Å². The SMILES string of the molecule is O=C(O)Cc1ccc(C=CCCl)cc1. The minimum absolute atomic E-state index is 0.0689. The number of halogens is 1. The molecule has 14 heavy (non-hydrogen) atoms. The minimum atomic E-state index is -0.811. The van der Waals surface area contributed by atoms with E-state index in [1.807, 2.05) is 36.4 Å². The average Bonchev–Trinajstić information content (AvgIpc) is 2.16. The molecule has 2 nitrogen and oxygen atoms in total. The Morgan fingerprint density at radius 2 is 2.00 bits per heavy atom. The highest BCUT2D eigenvalue weighted by Crippen LogP contribution is 2.07. The van der Waals surface area contributed by atoms with Crippen LogP contribution in [0.1, 0.15) is 11.1 Å². The number of allylic oxidation sites excluding steroid dienone is 1. The van der Waals surface area contributed by atoms with E-state index in [-0.39, 0.29) is 6.42 Å². The van der Waals surface area contributed by atoms with Gasteiger partial charge >= 0.3 is 5.97 Å². The van der Waals surface area contributed by atoms with Crippen LogP contribution in [0.25, 0.3) is 6.08 Å². The maximum Gasteiger partial charge on any atom is 0.307 e.